The van der Waals surface area contributed by atoms with Gasteiger partial charge in [0.15, 0.2) is 0 Å². The molecular weight excluding hydrogens is 182 g/mol. The Morgan fingerprint density at radius 1 is 1.64 bits per heavy atom. The summed E-state index contributed by atoms with van der Waals surface area (Å²) < 4.78 is 9.87. The highest BCUT2D eigenvalue weighted by Gasteiger charge is 2.19. The van der Waals surface area contributed by atoms with Crippen LogP contribution in [0.2, 0.25) is 0 Å². The highest BCUT2D eigenvalue weighted by molar-refractivity contribution is 5.69. The van der Waals surface area contributed by atoms with E-state index >= 15 is 0 Å². The first-order chi connectivity index (χ1) is 6.74. The lowest BCUT2D eigenvalue weighted by Gasteiger charge is -2.22. The van der Waals surface area contributed by atoms with Crippen molar-refractivity contribution in [2.75, 3.05) is 33.9 Å². The maximum Gasteiger partial charge on any atom is 0.305 e. The Hall–Kier alpha value is -0.610. The molecule has 1 atom stereocenters. The van der Waals surface area contributed by atoms with E-state index in [1.54, 1.807) is 0 Å². The lowest BCUT2D eigenvalue weighted by Crippen LogP contribution is -2.32. The number of hydrogen-bond acceptors (Lipinski definition) is 4. The van der Waals surface area contributed by atoms with Gasteiger partial charge in [-0.3, -0.25) is 4.79 Å². The summed E-state index contributed by atoms with van der Waals surface area (Å²) in [6, 6.07) is 0.535. The Kier molecular flexibility index (Phi) is 4.90. The molecule has 1 aliphatic rings. The van der Waals surface area contributed by atoms with Crippen molar-refractivity contribution in [3.8, 4) is 0 Å². The molecule has 0 spiro atoms. The Labute approximate surface area is 85.2 Å². The summed E-state index contributed by atoms with van der Waals surface area (Å²) in [5.74, 6) is -0.124. The van der Waals surface area contributed by atoms with Crippen molar-refractivity contribution in [1.82, 2.24) is 4.90 Å². The summed E-state index contributed by atoms with van der Waals surface area (Å²) in [7, 11) is 3.51. The normalized spacial score (nSPS) is 21.5. The molecule has 0 radical (unpaired) electrons. The summed E-state index contributed by atoms with van der Waals surface area (Å²) in [5, 5.41) is 0. The first-order valence-corrected chi connectivity index (χ1v) is 5.09. The van der Waals surface area contributed by atoms with Gasteiger partial charge in [0.2, 0.25) is 0 Å². The van der Waals surface area contributed by atoms with Crippen molar-refractivity contribution in [2.45, 2.75) is 25.3 Å². The van der Waals surface area contributed by atoms with Gasteiger partial charge in [-0.1, -0.05) is 0 Å². The lowest BCUT2D eigenvalue weighted by atomic mass is 10.2. The molecule has 4 heteroatoms. The van der Waals surface area contributed by atoms with Crippen molar-refractivity contribution in [1.29, 1.82) is 0 Å². The molecule has 0 amide bonds. The summed E-state index contributed by atoms with van der Waals surface area (Å²) >= 11 is 0. The molecular formula is C10H19NO3. The third-order valence-electron chi connectivity index (χ3n) is 2.65. The molecule has 82 valence electrons. The summed E-state index contributed by atoms with van der Waals surface area (Å²) in [6.45, 7) is 2.63. The van der Waals surface area contributed by atoms with Crippen molar-refractivity contribution in [3.63, 3.8) is 0 Å². The molecule has 1 rings (SSSR count). The van der Waals surface area contributed by atoms with Gasteiger partial charge >= 0.3 is 5.97 Å². The average Bonchev–Trinajstić information content (AvgIpc) is 2.70. The highest BCUT2D eigenvalue weighted by Crippen LogP contribution is 2.11. The Balaban J connectivity index is 2.08. The molecule has 4 nitrogen and oxygen atoms in total. The minimum atomic E-state index is -0.124. The number of carbonyl (C=O) groups excluding carboxylic acids is 1. The fraction of sp³-hybridized carbons (Fsp3) is 0.900. The summed E-state index contributed by atoms with van der Waals surface area (Å²) in [4.78, 5) is 13.1. The molecule has 0 aromatic carbocycles. The first-order valence-electron chi connectivity index (χ1n) is 5.09. The van der Waals surface area contributed by atoms with Crippen LogP contribution < -0.4 is 0 Å². The number of nitrogens with zero attached hydrogens (tertiary/aromatic N) is 1. The predicted molar refractivity (Wildman–Crippen MR) is 53.1 cm³/mol. The van der Waals surface area contributed by atoms with E-state index in [0.717, 1.165) is 32.6 Å². The van der Waals surface area contributed by atoms with E-state index in [1.807, 2.05) is 0 Å². The number of likely N-dealkylation sites (N-methyl/N-ethyl adjacent to an activating group) is 1. The van der Waals surface area contributed by atoms with Gasteiger partial charge in [-0.05, 0) is 26.4 Å². The van der Waals surface area contributed by atoms with E-state index in [1.165, 1.54) is 7.11 Å². The molecule has 14 heavy (non-hydrogen) atoms. The standard InChI is InChI=1S/C10H19NO3/c1-11(9-5-7-14-8-9)6-3-4-10(12)13-2/h9H,3-8H2,1-2H3. The van der Waals surface area contributed by atoms with Crippen LogP contribution in [-0.2, 0) is 14.3 Å². The topological polar surface area (TPSA) is 38.8 Å². The zero-order valence-electron chi connectivity index (χ0n) is 8.99. The monoisotopic (exact) mass is 201 g/mol. The van der Waals surface area contributed by atoms with Gasteiger partial charge in [0.05, 0.1) is 13.7 Å². The molecule has 1 unspecified atom stereocenters. The second-order valence-corrected chi connectivity index (χ2v) is 3.68. The van der Waals surface area contributed by atoms with Crippen LogP contribution in [0.4, 0.5) is 0 Å². The molecule has 0 saturated carbocycles. The third-order valence-corrected chi connectivity index (χ3v) is 2.65. The summed E-state index contributed by atoms with van der Waals surface area (Å²) in [5.41, 5.74) is 0. The summed E-state index contributed by atoms with van der Waals surface area (Å²) in [6.07, 6.45) is 2.48. The zero-order chi connectivity index (χ0) is 10.4. The van der Waals surface area contributed by atoms with Crippen LogP contribution in [0, 0.1) is 0 Å². The molecule has 0 aromatic heterocycles. The number of hydrogen-bond donors (Lipinski definition) is 0. The molecule has 1 saturated heterocycles. The predicted octanol–water partition coefficient (Wildman–Crippen LogP) is 0.660. The maximum atomic E-state index is 10.8. The van der Waals surface area contributed by atoms with E-state index in [0.29, 0.717) is 12.5 Å². The number of esters is 1. The molecule has 0 N–H and O–H groups in total. The fourth-order valence-electron chi connectivity index (χ4n) is 1.63. The van der Waals surface area contributed by atoms with Crippen LogP contribution >= 0.6 is 0 Å². The Morgan fingerprint density at radius 3 is 3.00 bits per heavy atom. The van der Waals surface area contributed by atoms with Gasteiger partial charge in [-0.15, -0.1) is 0 Å². The number of carbonyl (C=O) groups is 1. The quantitative estimate of drug-likeness (QED) is 0.612. The van der Waals surface area contributed by atoms with Crippen molar-refractivity contribution < 1.29 is 14.3 Å². The van der Waals surface area contributed by atoms with E-state index in [-0.39, 0.29) is 5.97 Å². The molecule has 0 aromatic rings. The van der Waals surface area contributed by atoms with Crippen LogP contribution in [0.3, 0.4) is 0 Å². The second kappa shape index (κ2) is 5.98. The zero-order valence-corrected chi connectivity index (χ0v) is 8.99. The van der Waals surface area contributed by atoms with Gasteiger partial charge in [0, 0.05) is 19.1 Å². The van der Waals surface area contributed by atoms with E-state index in [4.69, 9.17) is 4.74 Å². The molecule has 0 bridgehead atoms. The number of ether oxygens (including phenoxy) is 2. The number of methoxy groups -OCH3 is 1. The van der Waals surface area contributed by atoms with Crippen molar-refractivity contribution in [3.05, 3.63) is 0 Å². The third kappa shape index (κ3) is 3.64. The Morgan fingerprint density at radius 2 is 2.43 bits per heavy atom. The van der Waals surface area contributed by atoms with E-state index in [9.17, 15) is 4.79 Å². The molecule has 1 heterocycles. The van der Waals surface area contributed by atoms with Crippen molar-refractivity contribution in [2.24, 2.45) is 0 Å². The van der Waals surface area contributed by atoms with Crippen molar-refractivity contribution >= 4 is 5.97 Å². The highest BCUT2D eigenvalue weighted by atomic mass is 16.5. The smallest absolute Gasteiger partial charge is 0.305 e. The van der Waals surface area contributed by atoms with Gasteiger partial charge in [-0.25, -0.2) is 0 Å². The van der Waals surface area contributed by atoms with E-state index < -0.39 is 0 Å². The first kappa shape index (κ1) is 11.5. The SMILES string of the molecule is COC(=O)CCCN(C)C1CCOC1. The lowest BCUT2D eigenvalue weighted by molar-refractivity contribution is -0.140. The maximum absolute atomic E-state index is 10.8. The molecule has 0 aliphatic carbocycles. The second-order valence-electron chi connectivity index (χ2n) is 3.68. The molecule has 1 aliphatic heterocycles. The van der Waals surface area contributed by atoms with Gasteiger partial charge in [0.25, 0.3) is 0 Å². The Bertz CT molecular complexity index is 178. The van der Waals surface area contributed by atoms with Crippen LogP contribution in [0.5, 0.6) is 0 Å². The van der Waals surface area contributed by atoms with Crippen LogP contribution in [0.25, 0.3) is 0 Å². The van der Waals surface area contributed by atoms with E-state index in [2.05, 4.69) is 16.7 Å². The van der Waals surface area contributed by atoms with Crippen LogP contribution in [-0.4, -0.2) is 50.8 Å². The molecule has 1 fully saturated rings. The minimum absolute atomic E-state index is 0.124. The average molecular weight is 201 g/mol. The largest absolute Gasteiger partial charge is 0.469 e. The number of rotatable bonds is 5. The fourth-order valence-corrected chi connectivity index (χ4v) is 1.63. The van der Waals surface area contributed by atoms with Gasteiger partial charge in [0.1, 0.15) is 0 Å². The van der Waals surface area contributed by atoms with Crippen LogP contribution in [0.1, 0.15) is 19.3 Å². The minimum Gasteiger partial charge on any atom is -0.469 e. The van der Waals surface area contributed by atoms with Gasteiger partial charge in [-0.2, -0.15) is 0 Å². The van der Waals surface area contributed by atoms with Gasteiger partial charge < -0.3 is 14.4 Å². The van der Waals surface area contributed by atoms with Crippen LogP contribution in [0.15, 0.2) is 0 Å².